The molecular formula is C43H35Cl2N5O2S6. The van der Waals surface area contributed by atoms with Crippen molar-refractivity contribution in [2.75, 3.05) is 0 Å². The fourth-order valence-electron chi connectivity index (χ4n) is 5.25. The van der Waals surface area contributed by atoms with E-state index in [0.717, 1.165) is 42.6 Å². The zero-order valence-corrected chi connectivity index (χ0v) is 37.3. The molecule has 6 aromatic carbocycles. The fourth-order valence-corrected chi connectivity index (χ4v) is 10.7. The molecule has 9 aromatic rings. The van der Waals surface area contributed by atoms with Crippen LogP contribution in [0.15, 0.2) is 169 Å². The highest BCUT2D eigenvalue weighted by atomic mass is 35.5. The third-order valence-corrected chi connectivity index (χ3v) is 14.8. The van der Waals surface area contributed by atoms with Crippen LogP contribution in [0.1, 0.15) is 16.7 Å². The second-order valence-corrected chi connectivity index (χ2v) is 19.7. The SMILES string of the molecule is CCc1cnc(Sc2ccc3ccccc3c2)s1.Cl.NCc1cnc(S(=O)(=O)c2ccc3ccccc3c2)s1.Sc1ccc2ccccc2c1.[C-]#[N+]c1cnc(Cl)s1. The minimum atomic E-state index is -3.57. The molecule has 0 aliphatic rings. The van der Waals surface area contributed by atoms with E-state index >= 15 is 0 Å². The van der Waals surface area contributed by atoms with Crippen LogP contribution in [0, 0.1) is 6.57 Å². The summed E-state index contributed by atoms with van der Waals surface area (Å²) in [7, 11) is -3.57. The van der Waals surface area contributed by atoms with Gasteiger partial charge in [-0.25, -0.2) is 28.2 Å². The Bertz CT molecular complexity index is 2910. The summed E-state index contributed by atoms with van der Waals surface area (Å²) < 4.78 is 26.7. The van der Waals surface area contributed by atoms with E-state index < -0.39 is 9.84 Å². The second kappa shape index (κ2) is 21.6. The average molecular weight is 917 g/mol. The molecule has 0 saturated carbocycles. The maximum Gasteiger partial charge on any atom is 0.261 e. The van der Waals surface area contributed by atoms with Crippen molar-refractivity contribution in [2.45, 2.75) is 43.3 Å². The molecule has 0 amide bonds. The Balaban J connectivity index is 0.000000154. The first kappa shape index (κ1) is 44.8. The van der Waals surface area contributed by atoms with Gasteiger partial charge in [-0.2, -0.15) is 0 Å². The number of fused-ring (bicyclic) bond motifs is 3. The fraction of sp³-hybridized carbons (Fsp3) is 0.0698. The van der Waals surface area contributed by atoms with Crippen LogP contribution in [0.5, 0.6) is 0 Å². The molecule has 0 bridgehead atoms. The summed E-state index contributed by atoms with van der Waals surface area (Å²) in [5, 5.41) is 7.53. The van der Waals surface area contributed by atoms with Gasteiger partial charge in [-0.3, -0.25) is 0 Å². The van der Waals surface area contributed by atoms with Crippen molar-refractivity contribution >= 4 is 130 Å². The van der Waals surface area contributed by atoms with Gasteiger partial charge in [0.05, 0.1) is 11.5 Å². The molecule has 2 N–H and O–H groups in total. The zero-order valence-electron chi connectivity index (χ0n) is 30.7. The van der Waals surface area contributed by atoms with Crippen LogP contribution in [0.2, 0.25) is 4.47 Å². The molecule has 0 aliphatic heterocycles. The first-order chi connectivity index (χ1) is 27.6. The number of thiazole rings is 3. The molecule has 0 atom stereocenters. The lowest BCUT2D eigenvalue weighted by atomic mass is 10.1. The van der Waals surface area contributed by atoms with Crippen molar-refractivity contribution in [3.63, 3.8) is 0 Å². The van der Waals surface area contributed by atoms with Gasteiger partial charge in [-0.05, 0) is 75.1 Å². The maximum atomic E-state index is 12.5. The molecule has 0 aliphatic carbocycles. The molecule has 3 aromatic heterocycles. The van der Waals surface area contributed by atoms with Gasteiger partial charge in [-0.1, -0.05) is 121 Å². The number of hydrogen-bond donors (Lipinski definition) is 2. The lowest BCUT2D eigenvalue weighted by Gasteiger charge is -2.03. The highest BCUT2D eigenvalue weighted by Gasteiger charge is 2.22. The van der Waals surface area contributed by atoms with Crippen molar-refractivity contribution in [1.29, 1.82) is 0 Å². The van der Waals surface area contributed by atoms with E-state index in [1.807, 2.05) is 48.7 Å². The number of benzene rings is 6. The molecule has 0 spiro atoms. The molecule has 0 fully saturated rings. The number of nitrogens with two attached hydrogens (primary N) is 1. The predicted molar refractivity (Wildman–Crippen MR) is 251 cm³/mol. The molecule has 9 rings (SSSR count). The monoisotopic (exact) mass is 915 g/mol. The van der Waals surface area contributed by atoms with Crippen LogP contribution in [0.3, 0.4) is 0 Å². The summed E-state index contributed by atoms with van der Waals surface area (Å²) in [6.07, 6.45) is 6.02. The maximum absolute atomic E-state index is 12.5. The molecule has 294 valence electrons. The number of thiol groups is 1. The quantitative estimate of drug-likeness (QED) is 0.126. The number of nitrogens with zero attached hydrogens (tertiary/aromatic N) is 4. The molecular weight excluding hydrogens is 882 g/mol. The summed E-state index contributed by atoms with van der Waals surface area (Å²) in [5.74, 6) is 0. The highest BCUT2D eigenvalue weighted by Crippen LogP contribution is 2.33. The van der Waals surface area contributed by atoms with Gasteiger partial charge in [0.1, 0.15) is 0 Å². The first-order valence-electron chi connectivity index (χ1n) is 17.3. The van der Waals surface area contributed by atoms with Crippen LogP contribution >= 0.6 is 82.4 Å². The lowest BCUT2D eigenvalue weighted by molar-refractivity contribution is 0.595. The Morgan fingerprint density at radius 3 is 1.81 bits per heavy atom. The largest absolute Gasteiger partial charge is 0.326 e. The van der Waals surface area contributed by atoms with E-state index in [1.165, 1.54) is 55.0 Å². The Labute approximate surface area is 370 Å². The average Bonchev–Trinajstić information content (AvgIpc) is 4.03. The number of halogens is 2. The number of sulfone groups is 1. The zero-order chi connectivity index (χ0) is 40.2. The van der Waals surface area contributed by atoms with E-state index in [-0.39, 0.29) is 21.6 Å². The topological polar surface area (TPSA) is 103 Å². The Morgan fingerprint density at radius 2 is 1.28 bits per heavy atom. The van der Waals surface area contributed by atoms with Gasteiger partial charge >= 0.3 is 0 Å². The molecule has 58 heavy (non-hydrogen) atoms. The summed E-state index contributed by atoms with van der Waals surface area (Å²) in [5.41, 5.74) is 5.50. The molecule has 0 saturated heterocycles. The van der Waals surface area contributed by atoms with Crippen LogP contribution < -0.4 is 5.73 Å². The molecule has 7 nitrogen and oxygen atoms in total. The van der Waals surface area contributed by atoms with Gasteiger partial charge in [0.25, 0.3) is 5.00 Å². The predicted octanol–water partition coefficient (Wildman–Crippen LogP) is 13.5. The third-order valence-electron chi connectivity index (χ3n) is 8.11. The number of hydrogen-bond acceptors (Lipinski definition) is 11. The Kier molecular flexibility index (Phi) is 16.7. The van der Waals surface area contributed by atoms with E-state index in [4.69, 9.17) is 23.9 Å². The minimum Gasteiger partial charge on any atom is -0.326 e. The van der Waals surface area contributed by atoms with Crippen LogP contribution in [-0.2, 0) is 22.8 Å². The smallest absolute Gasteiger partial charge is 0.261 e. The minimum absolute atomic E-state index is 0. The van der Waals surface area contributed by atoms with Gasteiger partial charge in [0.2, 0.25) is 14.2 Å². The third kappa shape index (κ3) is 12.1. The highest BCUT2D eigenvalue weighted by molar-refractivity contribution is 8.01. The number of rotatable bonds is 6. The summed E-state index contributed by atoms with van der Waals surface area (Å²) in [6.45, 7) is 8.96. The second-order valence-electron chi connectivity index (χ2n) is 12.0. The van der Waals surface area contributed by atoms with Crippen molar-refractivity contribution in [1.82, 2.24) is 15.0 Å². The summed E-state index contributed by atoms with van der Waals surface area (Å²) >= 11 is 15.5. The summed E-state index contributed by atoms with van der Waals surface area (Å²) in [6, 6.07) is 42.2. The lowest BCUT2D eigenvalue weighted by Crippen LogP contribution is -2.01. The van der Waals surface area contributed by atoms with Gasteiger partial charge < -0.3 is 5.73 Å². The van der Waals surface area contributed by atoms with E-state index in [9.17, 15) is 8.42 Å². The van der Waals surface area contributed by atoms with Gasteiger partial charge in [-0.15, -0.1) is 59.0 Å². The molecule has 0 radical (unpaired) electrons. The summed E-state index contributed by atoms with van der Waals surface area (Å²) in [4.78, 5) is 19.8. The Morgan fingerprint density at radius 1 is 0.707 bits per heavy atom. The van der Waals surface area contributed by atoms with E-state index in [2.05, 4.69) is 106 Å². The number of aryl methyl sites for hydroxylation is 1. The van der Waals surface area contributed by atoms with Crippen LogP contribution in [0.25, 0.3) is 37.2 Å². The molecule has 15 heteroatoms. The molecule has 3 heterocycles. The van der Waals surface area contributed by atoms with Gasteiger partial charge in [0, 0.05) is 44.7 Å². The normalized spacial score (nSPS) is 10.6. The van der Waals surface area contributed by atoms with Crippen molar-refractivity contribution in [3.8, 4) is 0 Å². The van der Waals surface area contributed by atoms with Crippen molar-refractivity contribution in [2.24, 2.45) is 5.73 Å². The van der Waals surface area contributed by atoms with Crippen molar-refractivity contribution in [3.05, 3.63) is 172 Å². The molecule has 0 unspecified atom stereocenters. The standard InChI is InChI=1S/C15H13NS2.C14H12N2O2S2.C10H8S.C4HClN2S.ClH/c1-2-13-10-16-15(17-13)18-14-8-7-11-5-3-4-6-12(11)9-14;15-8-12-9-16-14(19-12)20(17,18)13-6-5-10-3-1-2-4-11(10)7-13;11-10-6-5-8-3-1-2-4-9(8)7-10;1-6-3-2-7-4(5)8-3;/h3-10H,2H2,1H3;1-7,9H,8,15H2;1-7,11H;2H;1H. The van der Waals surface area contributed by atoms with Crippen LogP contribution in [-0.4, -0.2) is 23.4 Å². The van der Waals surface area contributed by atoms with Gasteiger partial charge in [0.15, 0.2) is 8.81 Å². The van der Waals surface area contributed by atoms with Crippen LogP contribution in [0.4, 0.5) is 5.00 Å². The van der Waals surface area contributed by atoms with E-state index in [0.29, 0.717) is 16.0 Å². The van der Waals surface area contributed by atoms with Crippen molar-refractivity contribution < 1.29 is 8.42 Å². The first-order valence-corrected chi connectivity index (χ1v) is 22.9. The number of aromatic nitrogens is 3. The Hall–Kier alpha value is -4.33. The van der Waals surface area contributed by atoms with E-state index in [1.54, 1.807) is 41.3 Å².